The fraction of sp³-hybridized carbons (Fsp3) is 0.250. The van der Waals surface area contributed by atoms with Crippen molar-refractivity contribution in [3.63, 3.8) is 0 Å². The van der Waals surface area contributed by atoms with Gasteiger partial charge in [0.1, 0.15) is 5.69 Å². The van der Waals surface area contributed by atoms with E-state index in [0.29, 0.717) is 17.4 Å². The second-order valence-corrected chi connectivity index (χ2v) is 5.65. The molecule has 0 spiro atoms. The van der Waals surface area contributed by atoms with Crippen LogP contribution in [0, 0.1) is 0 Å². The van der Waals surface area contributed by atoms with Crippen molar-refractivity contribution >= 4 is 39.6 Å². The zero-order valence-electron chi connectivity index (χ0n) is 10.5. The number of hydrogen-bond donors (Lipinski definition) is 1. The molecule has 2 heterocycles. The first-order valence-corrected chi connectivity index (χ1v) is 7.38. The number of carbonyl (C=O) groups is 2. The number of aromatic nitrogens is 1. The Kier molecular flexibility index (Phi) is 4.28. The zero-order chi connectivity index (χ0) is 13.8. The first-order chi connectivity index (χ1) is 9.06. The number of anilines is 1. The van der Waals surface area contributed by atoms with Crippen LogP contribution in [0.1, 0.15) is 23.0 Å². The van der Waals surface area contributed by atoms with Gasteiger partial charge in [-0.1, -0.05) is 0 Å². The van der Waals surface area contributed by atoms with Gasteiger partial charge in [-0.2, -0.15) is 11.3 Å². The molecular weight excluding hydrogens is 282 g/mol. The fourth-order valence-corrected chi connectivity index (χ4v) is 2.89. The molecule has 0 aliphatic carbocycles. The lowest BCUT2D eigenvalue weighted by atomic mass is 10.3. The van der Waals surface area contributed by atoms with Gasteiger partial charge in [0.25, 0.3) is 5.91 Å². The van der Waals surface area contributed by atoms with Crippen LogP contribution in [0.4, 0.5) is 5.13 Å². The second kappa shape index (κ2) is 5.94. The first-order valence-electron chi connectivity index (χ1n) is 5.56. The molecule has 0 fully saturated rings. The third kappa shape index (κ3) is 3.62. The minimum Gasteiger partial charge on any atom is -0.336 e. The molecule has 0 radical (unpaired) electrons. The monoisotopic (exact) mass is 295 g/mol. The lowest BCUT2D eigenvalue weighted by Crippen LogP contribution is -2.26. The molecule has 0 atom stereocenters. The van der Waals surface area contributed by atoms with Crippen molar-refractivity contribution in [2.75, 3.05) is 12.4 Å². The molecule has 0 aliphatic rings. The molecule has 2 aromatic heterocycles. The minimum absolute atomic E-state index is 0.154. The quantitative estimate of drug-likeness (QED) is 0.942. The average Bonchev–Trinajstić information content (AvgIpc) is 2.98. The molecule has 7 heteroatoms. The molecule has 0 bridgehead atoms. The van der Waals surface area contributed by atoms with Crippen molar-refractivity contribution in [1.29, 1.82) is 0 Å². The van der Waals surface area contributed by atoms with Crippen LogP contribution in [0.25, 0.3) is 0 Å². The first kappa shape index (κ1) is 13.7. The Morgan fingerprint density at radius 2 is 2.21 bits per heavy atom. The third-order valence-electron chi connectivity index (χ3n) is 2.35. The summed E-state index contributed by atoms with van der Waals surface area (Å²) in [5, 5.41) is 8.64. The minimum atomic E-state index is -0.194. The van der Waals surface area contributed by atoms with Gasteiger partial charge in [0.05, 0.1) is 0 Å². The summed E-state index contributed by atoms with van der Waals surface area (Å²) in [6, 6.07) is 1.98. The van der Waals surface area contributed by atoms with Crippen LogP contribution in [0.5, 0.6) is 0 Å². The van der Waals surface area contributed by atoms with Crippen molar-refractivity contribution in [3.8, 4) is 0 Å². The Morgan fingerprint density at radius 1 is 1.42 bits per heavy atom. The molecule has 1 N–H and O–H groups in total. The molecule has 2 aromatic rings. The highest BCUT2D eigenvalue weighted by atomic mass is 32.1. The van der Waals surface area contributed by atoms with Crippen molar-refractivity contribution < 1.29 is 9.59 Å². The molecule has 0 saturated carbocycles. The molecule has 2 amide bonds. The summed E-state index contributed by atoms with van der Waals surface area (Å²) in [6.07, 6.45) is 0. The summed E-state index contributed by atoms with van der Waals surface area (Å²) in [5.41, 5.74) is 1.45. The smallest absolute Gasteiger partial charge is 0.273 e. The number of nitrogens with one attached hydrogen (secondary N) is 1. The largest absolute Gasteiger partial charge is 0.336 e. The summed E-state index contributed by atoms with van der Waals surface area (Å²) >= 11 is 2.84. The molecule has 5 nitrogen and oxygen atoms in total. The zero-order valence-corrected chi connectivity index (χ0v) is 12.2. The van der Waals surface area contributed by atoms with Gasteiger partial charge < -0.3 is 10.2 Å². The van der Waals surface area contributed by atoms with E-state index in [1.165, 1.54) is 18.3 Å². The SMILES string of the molecule is CC(=O)Nc1nc(C(=O)N(C)Cc2ccsc2)cs1. The lowest BCUT2D eigenvalue weighted by Gasteiger charge is -2.14. The highest BCUT2D eigenvalue weighted by molar-refractivity contribution is 7.14. The van der Waals surface area contributed by atoms with Gasteiger partial charge in [0.2, 0.25) is 5.91 Å². The van der Waals surface area contributed by atoms with Crippen LogP contribution in [-0.4, -0.2) is 28.7 Å². The van der Waals surface area contributed by atoms with Crippen molar-refractivity contribution in [2.45, 2.75) is 13.5 Å². The van der Waals surface area contributed by atoms with Gasteiger partial charge in [-0.15, -0.1) is 11.3 Å². The predicted octanol–water partition coefficient (Wildman–Crippen LogP) is 2.44. The lowest BCUT2D eigenvalue weighted by molar-refractivity contribution is -0.114. The van der Waals surface area contributed by atoms with Crippen LogP contribution in [0.2, 0.25) is 0 Å². The summed E-state index contributed by atoms with van der Waals surface area (Å²) < 4.78 is 0. The van der Waals surface area contributed by atoms with Gasteiger partial charge in [-0.05, 0) is 22.4 Å². The Bertz CT molecular complexity index is 578. The van der Waals surface area contributed by atoms with Gasteiger partial charge in [-0.3, -0.25) is 9.59 Å². The number of hydrogen-bond acceptors (Lipinski definition) is 5. The van der Waals surface area contributed by atoms with E-state index in [1.54, 1.807) is 28.7 Å². The van der Waals surface area contributed by atoms with E-state index in [-0.39, 0.29) is 11.8 Å². The van der Waals surface area contributed by atoms with Crippen molar-refractivity contribution in [3.05, 3.63) is 33.5 Å². The number of carbonyl (C=O) groups excluding carboxylic acids is 2. The molecule has 0 aliphatic heterocycles. The molecule has 100 valence electrons. The average molecular weight is 295 g/mol. The second-order valence-electron chi connectivity index (χ2n) is 4.01. The Hall–Kier alpha value is -1.73. The fourth-order valence-electron chi connectivity index (χ4n) is 1.50. The molecule has 19 heavy (non-hydrogen) atoms. The van der Waals surface area contributed by atoms with E-state index in [1.807, 2.05) is 16.8 Å². The van der Waals surface area contributed by atoms with E-state index >= 15 is 0 Å². The van der Waals surface area contributed by atoms with Crippen LogP contribution in [0.15, 0.2) is 22.2 Å². The van der Waals surface area contributed by atoms with Gasteiger partial charge >= 0.3 is 0 Å². The number of amides is 2. The van der Waals surface area contributed by atoms with Crippen molar-refractivity contribution in [2.24, 2.45) is 0 Å². The predicted molar refractivity (Wildman–Crippen MR) is 76.5 cm³/mol. The molecule has 0 aromatic carbocycles. The summed E-state index contributed by atoms with van der Waals surface area (Å²) in [4.78, 5) is 28.7. The van der Waals surface area contributed by atoms with Gasteiger partial charge in [0, 0.05) is 25.9 Å². The summed E-state index contributed by atoms with van der Waals surface area (Å²) in [6.45, 7) is 1.96. The maximum absolute atomic E-state index is 12.1. The maximum Gasteiger partial charge on any atom is 0.273 e. The van der Waals surface area contributed by atoms with E-state index < -0.39 is 0 Å². The molecule has 2 rings (SSSR count). The van der Waals surface area contributed by atoms with Crippen LogP contribution < -0.4 is 5.32 Å². The number of rotatable bonds is 4. The van der Waals surface area contributed by atoms with Gasteiger partial charge in [0.15, 0.2) is 5.13 Å². The molecule has 0 saturated heterocycles. The van der Waals surface area contributed by atoms with E-state index in [2.05, 4.69) is 10.3 Å². The topological polar surface area (TPSA) is 62.3 Å². The molecule has 0 unspecified atom stereocenters. The van der Waals surface area contributed by atoms with E-state index in [9.17, 15) is 9.59 Å². The highest BCUT2D eigenvalue weighted by Crippen LogP contribution is 2.17. The normalized spacial score (nSPS) is 10.2. The molecular formula is C12H13N3O2S2. The maximum atomic E-state index is 12.1. The van der Waals surface area contributed by atoms with Crippen molar-refractivity contribution in [1.82, 2.24) is 9.88 Å². The number of nitrogens with zero attached hydrogens (tertiary/aromatic N) is 2. The Morgan fingerprint density at radius 3 is 2.84 bits per heavy atom. The highest BCUT2D eigenvalue weighted by Gasteiger charge is 2.16. The number of thiophene rings is 1. The summed E-state index contributed by atoms with van der Waals surface area (Å²) in [5.74, 6) is -0.348. The van der Waals surface area contributed by atoms with E-state index in [0.717, 1.165) is 5.56 Å². The van der Waals surface area contributed by atoms with Crippen LogP contribution in [-0.2, 0) is 11.3 Å². The summed E-state index contributed by atoms with van der Waals surface area (Å²) in [7, 11) is 1.73. The standard InChI is InChI=1S/C12H13N3O2S2/c1-8(16)13-12-14-10(7-19-12)11(17)15(2)5-9-3-4-18-6-9/h3-4,6-7H,5H2,1-2H3,(H,13,14,16). The van der Waals surface area contributed by atoms with E-state index in [4.69, 9.17) is 0 Å². The Labute approximate surface area is 118 Å². The Balaban J connectivity index is 2.02. The van der Waals surface area contributed by atoms with Gasteiger partial charge in [-0.25, -0.2) is 4.98 Å². The van der Waals surface area contributed by atoms with Crippen LogP contribution >= 0.6 is 22.7 Å². The third-order valence-corrected chi connectivity index (χ3v) is 3.84. The number of thiazole rings is 1. The van der Waals surface area contributed by atoms with Crippen LogP contribution in [0.3, 0.4) is 0 Å².